The highest BCUT2D eigenvalue weighted by Gasteiger charge is 2.25. The smallest absolute Gasteiger partial charge is 0.363 e. The predicted molar refractivity (Wildman–Crippen MR) is 115 cm³/mol. The highest BCUT2D eigenvalue weighted by Crippen LogP contribution is 2.24. The van der Waals surface area contributed by atoms with Crippen molar-refractivity contribution >= 4 is 35.5 Å². The van der Waals surface area contributed by atoms with Crippen LogP contribution in [-0.4, -0.2) is 17.8 Å². The molecule has 3 aromatic rings. The number of hydrogen-bond donors (Lipinski definition) is 0. The monoisotopic (exact) mass is 417 g/mol. The van der Waals surface area contributed by atoms with E-state index in [1.807, 2.05) is 19.1 Å². The normalized spacial score (nSPS) is 14.4. The van der Waals surface area contributed by atoms with Crippen LogP contribution >= 0.6 is 11.6 Å². The number of hydrogen-bond acceptors (Lipinski definition) is 5. The molecule has 0 aliphatic carbocycles. The molecule has 0 atom stereocenters. The van der Waals surface area contributed by atoms with Crippen LogP contribution in [0.4, 0.5) is 0 Å². The van der Waals surface area contributed by atoms with E-state index in [0.29, 0.717) is 27.5 Å². The zero-order valence-electron chi connectivity index (χ0n) is 16.0. The number of benzene rings is 3. The lowest BCUT2D eigenvalue weighted by Gasteiger charge is -2.06. The molecule has 0 N–H and O–H groups in total. The Bertz CT molecular complexity index is 1200. The van der Waals surface area contributed by atoms with Crippen LogP contribution in [-0.2, 0) is 9.53 Å². The first-order valence-corrected chi connectivity index (χ1v) is 9.54. The Morgan fingerprint density at radius 1 is 1.00 bits per heavy atom. The summed E-state index contributed by atoms with van der Waals surface area (Å²) in [6.45, 7) is 1.85. The maximum Gasteiger partial charge on any atom is 0.363 e. The van der Waals surface area contributed by atoms with Crippen LogP contribution in [0.2, 0.25) is 5.02 Å². The fourth-order valence-corrected chi connectivity index (χ4v) is 3.13. The quantitative estimate of drug-likeness (QED) is 0.332. The second-order valence-corrected chi connectivity index (χ2v) is 7.00. The van der Waals surface area contributed by atoms with Gasteiger partial charge in [0.15, 0.2) is 5.70 Å². The van der Waals surface area contributed by atoms with Crippen LogP contribution in [0.5, 0.6) is 5.75 Å². The minimum absolute atomic E-state index is 0.162. The summed E-state index contributed by atoms with van der Waals surface area (Å²) in [6, 6.07) is 21.0. The van der Waals surface area contributed by atoms with Gasteiger partial charge in [-0.1, -0.05) is 54.1 Å². The van der Waals surface area contributed by atoms with E-state index in [1.54, 1.807) is 66.7 Å². The van der Waals surface area contributed by atoms with E-state index >= 15 is 0 Å². The minimum atomic E-state index is -0.556. The number of cyclic esters (lactones) is 1. The molecule has 0 radical (unpaired) electrons. The molecule has 6 heteroatoms. The van der Waals surface area contributed by atoms with Gasteiger partial charge in [0.25, 0.3) is 0 Å². The number of nitrogens with zero attached hydrogens (tertiary/aromatic N) is 1. The number of aliphatic imine (C=N–C) groups is 1. The molecule has 30 heavy (non-hydrogen) atoms. The predicted octanol–water partition coefficient (Wildman–Crippen LogP) is 5.21. The third-order valence-electron chi connectivity index (χ3n) is 4.48. The van der Waals surface area contributed by atoms with Gasteiger partial charge in [0.2, 0.25) is 5.90 Å². The Labute approximate surface area is 178 Å². The topological polar surface area (TPSA) is 65.0 Å². The molecule has 0 bridgehead atoms. The summed E-state index contributed by atoms with van der Waals surface area (Å²) in [5, 5.41) is 0.449. The molecule has 5 nitrogen and oxygen atoms in total. The van der Waals surface area contributed by atoms with Gasteiger partial charge < -0.3 is 9.47 Å². The first-order valence-electron chi connectivity index (χ1n) is 9.16. The van der Waals surface area contributed by atoms with Crippen LogP contribution < -0.4 is 4.74 Å². The zero-order chi connectivity index (χ0) is 21.1. The van der Waals surface area contributed by atoms with E-state index in [2.05, 4.69) is 4.99 Å². The highest BCUT2D eigenvalue weighted by atomic mass is 35.5. The minimum Gasteiger partial charge on any atom is -0.423 e. The van der Waals surface area contributed by atoms with Crippen LogP contribution in [0, 0.1) is 6.92 Å². The molecule has 1 aliphatic heterocycles. The first-order chi connectivity index (χ1) is 14.5. The third kappa shape index (κ3) is 4.16. The molecule has 0 spiro atoms. The Balaban J connectivity index is 1.51. The molecule has 0 amide bonds. The zero-order valence-corrected chi connectivity index (χ0v) is 16.7. The van der Waals surface area contributed by atoms with Crippen molar-refractivity contribution < 1.29 is 19.1 Å². The molecule has 4 rings (SSSR count). The van der Waals surface area contributed by atoms with E-state index in [4.69, 9.17) is 21.1 Å². The van der Waals surface area contributed by atoms with Gasteiger partial charge in [-0.3, -0.25) is 0 Å². The second-order valence-electron chi connectivity index (χ2n) is 6.59. The Hall–Kier alpha value is -3.70. The average molecular weight is 418 g/mol. The third-order valence-corrected chi connectivity index (χ3v) is 4.81. The van der Waals surface area contributed by atoms with Crippen molar-refractivity contribution in [1.82, 2.24) is 0 Å². The van der Waals surface area contributed by atoms with Crippen molar-refractivity contribution in [2.45, 2.75) is 6.92 Å². The molecule has 0 saturated heterocycles. The summed E-state index contributed by atoms with van der Waals surface area (Å²) in [5.74, 6) is -0.409. The highest BCUT2D eigenvalue weighted by molar-refractivity contribution is 6.34. The van der Waals surface area contributed by atoms with Gasteiger partial charge in [0.05, 0.1) is 16.1 Å². The van der Waals surface area contributed by atoms with Gasteiger partial charge in [-0.25, -0.2) is 14.6 Å². The maximum absolute atomic E-state index is 12.3. The standard InChI is InChI=1S/C24H16ClNO4/c1-15-6-2-3-7-18(15)23(27)29-17-12-10-16(11-13-17)14-21-24(28)30-22(26-21)19-8-4-5-9-20(19)25/h2-14H,1H3/b21-14+. The number of esters is 2. The van der Waals surface area contributed by atoms with Crippen molar-refractivity contribution in [3.8, 4) is 5.75 Å². The molecular weight excluding hydrogens is 402 g/mol. The molecule has 1 heterocycles. The summed E-state index contributed by atoms with van der Waals surface area (Å²) in [7, 11) is 0. The van der Waals surface area contributed by atoms with Gasteiger partial charge in [0.1, 0.15) is 5.75 Å². The summed E-state index contributed by atoms with van der Waals surface area (Å²) < 4.78 is 10.7. The number of carbonyl (C=O) groups excluding carboxylic acids is 2. The SMILES string of the molecule is Cc1ccccc1C(=O)Oc1ccc(/C=C2/N=C(c3ccccc3Cl)OC2=O)cc1. The van der Waals surface area contributed by atoms with Crippen LogP contribution in [0.1, 0.15) is 27.0 Å². The van der Waals surface area contributed by atoms with E-state index in [-0.39, 0.29) is 11.6 Å². The van der Waals surface area contributed by atoms with Gasteiger partial charge in [-0.2, -0.15) is 0 Å². The van der Waals surface area contributed by atoms with Gasteiger partial charge in [0, 0.05) is 0 Å². The first kappa shape index (κ1) is 19.6. The van der Waals surface area contributed by atoms with Crippen molar-refractivity contribution in [3.63, 3.8) is 0 Å². The van der Waals surface area contributed by atoms with Crippen molar-refractivity contribution in [2.24, 2.45) is 4.99 Å². The van der Waals surface area contributed by atoms with Gasteiger partial charge >= 0.3 is 11.9 Å². The van der Waals surface area contributed by atoms with Crippen LogP contribution in [0.15, 0.2) is 83.5 Å². The Kier molecular flexibility index (Phi) is 5.46. The van der Waals surface area contributed by atoms with Gasteiger partial charge in [-0.15, -0.1) is 0 Å². The number of halogens is 1. The van der Waals surface area contributed by atoms with Crippen LogP contribution in [0.25, 0.3) is 6.08 Å². The number of ether oxygens (including phenoxy) is 2. The largest absolute Gasteiger partial charge is 0.423 e. The molecule has 0 unspecified atom stereocenters. The molecule has 0 aromatic heterocycles. The fraction of sp³-hybridized carbons (Fsp3) is 0.0417. The van der Waals surface area contributed by atoms with Crippen molar-refractivity contribution in [2.75, 3.05) is 0 Å². The second kappa shape index (κ2) is 8.35. The Morgan fingerprint density at radius 2 is 1.70 bits per heavy atom. The lowest BCUT2D eigenvalue weighted by molar-refractivity contribution is -0.129. The van der Waals surface area contributed by atoms with Crippen molar-refractivity contribution in [3.05, 3.63) is 106 Å². The van der Waals surface area contributed by atoms with Crippen molar-refractivity contribution in [1.29, 1.82) is 0 Å². The molecule has 0 saturated carbocycles. The number of aryl methyl sites for hydroxylation is 1. The molecule has 3 aromatic carbocycles. The average Bonchev–Trinajstić information content (AvgIpc) is 3.10. The molecule has 1 aliphatic rings. The van der Waals surface area contributed by atoms with E-state index in [1.165, 1.54) is 0 Å². The molecule has 148 valence electrons. The lowest BCUT2D eigenvalue weighted by atomic mass is 10.1. The summed E-state index contributed by atoms with van der Waals surface area (Å²) in [5.41, 5.74) is 2.78. The number of rotatable bonds is 4. The van der Waals surface area contributed by atoms with E-state index < -0.39 is 11.9 Å². The van der Waals surface area contributed by atoms with E-state index in [9.17, 15) is 9.59 Å². The number of carbonyl (C=O) groups is 2. The summed E-state index contributed by atoms with van der Waals surface area (Å²) >= 11 is 6.14. The Morgan fingerprint density at radius 3 is 2.43 bits per heavy atom. The molecule has 0 fully saturated rings. The fourth-order valence-electron chi connectivity index (χ4n) is 2.91. The molecular formula is C24H16ClNO4. The van der Waals surface area contributed by atoms with E-state index in [0.717, 1.165) is 5.56 Å². The van der Waals surface area contributed by atoms with Crippen LogP contribution in [0.3, 0.4) is 0 Å². The van der Waals surface area contributed by atoms with Gasteiger partial charge in [-0.05, 0) is 54.5 Å². The summed E-state index contributed by atoms with van der Waals surface area (Å²) in [6.07, 6.45) is 1.60. The lowest BCUT2D eigenvalue weighted by Crippen LogP contribution is -2.09. The maximum atomic E-state index is 12.3. The summed E-state index contributed by atoms with van der Waals surface area (Å²) in [4.78, 5) is 28.7.